The van der Waals surface area contributed by atoms with Crippen LogP contribution < -0.4 is 0 Å². The normalized spacial score (nSPS) is 15.6. The van der Waals surface area contributed by atoms with Crippen molar-refractivity contribution in [2.24, 2.45) is 0 Å². The molecule has 0 saturated carbocycles. The van der Waals surface area contributed by atoms with Gasteiger partial charge in [0, 0.05) is 30.2 Å². The maximum Gasteiger partial charge on any atom is 0.345 e. The zero-order chi connectivity index (χ0) is 17.4. The number of hydrogen-bond donors (Lipinski definition) is 2. The van der Waals surface area contributed by atoms with Gasteiger partial charge in [0.05, 0.1) is 4.88 Å². The number of thiophene rings is 1. The van der Waals surface area contributed by atoms with Gasteiger partial charge >= 0.3 is 5.97 Å². The van der Waals surface area contributed by atoms with Gasteiger partial charge in [-0.2, -0.15) is 0 Å². The lowest BCUT2D eigenvalue weighted by Gasteiger charge is -2.31. The number of carbonyl (C=O) groups excluding carboxylic acids is 1. The van der Waals surface area contributed by atoms with Crippen molar-refractivity contribution in [3.63, 3.8) is 0 Å². The third kappa shape index (κ3) is 2.93. The molecular weight excluding hydrogens is 336 g/mol. The lowest BCUT2D eigenvalue weighted by Crippen LogP contribution is -2.37. The molecule has 2 aromatic heterocycles. The van der Waals surface area contributed by atoms with Gasteiger partial charge in [-0.25, -0.2) is 4.79 Å². The fourth-order valence-corrected chi connectivity index (χ4v) is 4.36. The van der Waals surface area contributed by atoms with Crippen LogP contribution >= 0.6 is 11.3 Å². The second-order valence-corrected chi connectivity index (χ2v) is 7.41. The van der Waals surface area contributed by atoms with Crippen molar-refractivity contribution < 1.29 is 14.7 Å². The molecule has 1 aliphatic heterocycles. The van der Waals surface area contributed by atoms with Crippen molar-refractivity contribution in [3.05, 3.63) is 57.9 Å². The minimum Gasteiger partial charge on any atom is -0.477 e. The number of likely N-dealkylation sites (tertiary alicyclic amines) is 1. The van der Waals surface area contributed by atoms with Crippen LogP contribution in [0, 0.1) is 0 Å². The van der Waals surface area contributed by atoms with E-state index in [4.69, 9.17) is 5.11 Å². The Hall–Kier alpha value is -2.60. The standard InChI is InChI=1S/C19H18N2O3S/c22-18(16-5-6-17(25-16)19(23)24)21-9-7-12(8-10-21)14-11-20-15-4-2-1-3-13(14)15/h1-6,11-12,20H,7-10H2,(H,23,24). The number of para-hydroxylation sites is 1. The number of piperidine rings is 1. The van der Waals surface area contributed by atoms with E-state index in [2.05, 4.69) is 29.4 Å². The molecule has 1 fully saturated rings. The lowest BCUT2D eigenvalue weighted by molar-refractivity contribution is 0.0699. The number of amides is 1. The maximum atomic E-state index is 12.6. The number of aromatic nitrogens is 1. The van der Waals surface area contributed by atoms with Gasteiger partial charge in [0.15, 0.2) is 0 Å². The molecule has 5 nitrogen and oxygen atoms in total. The quantitative estimate of drug-likeness (QED) is 0.748. The van der Waals surface area contributed by atoms with Gasteiger partial charge in [-0.15, -0.1) is 11.3 Å². The molecule has 2 N–H and O–H groups in total. The predicted octanol–water partition coefficient (Wildman–Crippen LogP) is 3.95. The van der Waals surface area contributed by atoms with E-state index in [9.17, 15) is 9.59 Å². The summed E-state index contributed by atoms with van der Waals surface area (Å²) in [5.41, 5.74) is 2.47. The second-order valence-electron chi connectivity index (χ2n) is 6.33. The Balaban J connectivity index is 1.45. The summed E-state index contributed by atoms with van der Waals surface area (Å²) in [5, 5.41) is 10.3. The summed E-state index contributed by atoms with van der Waals surface area (Å²) in [6, 6.07) is 11.4. The number of benzene rings is 1. The van der Waals surface area contributed by atoms with Crippen molar-refractivity contribution in [1.29, 1.82) is 0 Å². The first-order valence-corrected chi connectivity index (χ1v) is 9.13. The third-order valence-electron chi connectivity index (χ3n) is 4.87. The van der Waals surface area contributed by atoms with Gasteiger partial charge in [-0.05, 0) is 42.5 Å². The molecule has 0 unspecified atom stereocenters. The fourth-order valence-electron chi connectivity index (χ4n) is 3.55. The number of nitrogens with zero attached hydrogens (tertiary/aromatic N) is 1. The van der Waals surface area contributed by atoms with Crippen LogP contribution in [-0.4, -0.2) is 40.0 Å². The highest BCUT2D eigenvalue weighted by Crippen LogP contribution is 2.33. The Kier molecular flexibility index (Phi) is 4.05. The molecule has 1 amide bonds. The zero-order valence-corrected chi connectivity index (χ0v) is 14.4. The van der Waals surface area contributed by atoms with E-state index in [1.165, 1.54) is 17.0 Å². The molecule has 0 aliphatic carbocycles. The van der Waals surface area contributed by atoms with Gasteiger partial charge in [0.1, 0.15) is 4.88 Å². The minimum absolute atomic E-state index is 0.0603. The summed E-state index contributed by atoms with van der Waals surface area (Å²) in [6.07, 6.45) is 3.93. The number of H-pyrrole nitrogens is 1. The molecular formula is C19H18N2O3S. The van der Waals surface area contributed by atoms with E-state index in [1.807, 2.05) is 11.0 Å². The Morgan fingerprint density at radius 2 is 1.80 bits per heavy atom. The van der Waals surface area contributed by atoms with Crippen molar-refractivity contribution in [1.82, 2.24) is 9.88 Å². The fraction of sp³-hybridized carbons (Fsp3) is 0.263. The Morgan fingerprint density at radius 1 is 1.08 bits per heavy atom. The van der Waals surface area contributed by atoms with Crippen LogP contribution in [0.4, 0.5) is 0 Å². The Morgan fingerprint density at radius 3 is 2.52 bits per heavy atom. The molecule has 4 rings (SSSR count). The molecule has 0 bridgehead atoms. The van der Waals surface area contributed by atoms with Crippen molar-refractivity contribution in [2.45, 2.75) is 18.8 Å². The molecule has 0 radical (unpaired) electrons. The number of carbonyl (C=O) groups is 2. The zero-order valence-electron chi connectivity index (χ0n) is 13.6. The molecule has 25 heavy (non-hydrogen) atoms. The molecule has 0 spiro atoms. The van der Waals surface area contributed by atoms with Gasteiger partial charge < -0.3 is 15.0 Å². The van der Waals surface area contributed by atoms with Crippen molar-refractivity contribution in [2.75, 3.05) is 13.1 Å². The van der Waals surface area contributed by atoms with Crippen LogP contribution in [0.15, 0.2) is 42.6 Å². The molecule has 1 aromatic carbocycles. The maximum absolute atomic E-state index is 12.6. The predicted molar refractivity (Wildman–Crippen MR) is 97.5 cm³/mol. The highest BCUT2D eigenvalue weighted by atomic mass is 32.1. The summed E-state index contributed by atoms with van der Waals surface area (Å²) < 4.78 is 0. The van der Waals surface area contributed by atoms with Crippen molar-refractivity contribution in [3.8, 4) is 0 Å². The third-order valence-corrected chi connectivity index (χ3v) is 5.93. The van der Waals surface area contributed by atoms with E-state index in [0.717, 1.165) is 29.7 Å². The largest absolute Gasteiger partial charge is 0.477 e. The van der Waals surface area contributed by atoms with Crippen LogP contribution in [0.3, 0.4) is 0 Å². The van der Waals surface area contributed by atoms with E-state index in [-0.39, 0.29) is 10.8 Å². The molecule has 1 aliphatic rings. The number of aromatic carboxylic acids is 1. The molecule has 0 atom stereocenters. The monoisotopic (exact) mass is 354 g/mol. The first-order valence-electron chi connectivity index (χ1n) is 8.32. The van der Waals surface area contributed by atoms with Crippen LogP contribution in [0.5, 0.6) is 0 Å². The number of carboxylic acid groups (broad SMARTS) is 1. The summed E-state index contributed by atoms with van der Waals surface area (Å²) in [6.45, 7) is 1.40. The summed E-state index contributed by atoms with van der Waals surface area (Å²) in [5.74, 6) is -0.602. The van der Waals surface area contributed by atoms with E-state index in [0.29, 0.717) is 23.9 Å². The molecule has 1 saturated heterocycles. The average Bonchev–Trinajstić information content (AvgIpc) is 3.29. The summed E-state index contributed by atoms with van der Waals surface area (Å²) in [7, 11) is 0. The highest BCUT2D eigenvalue weighted by Gasteiger charge is 2.27. The Bertz CT molecular complexity index is 935. The number of fused-ring (bicyclic) bond motifs is 1. The van der Waals surface area contributed by atoms with Crippen LogP contribution in [0.2, 0.25) is 0 Å². The first-order chi connectivity index (χ1) is 12.1. The van der Waals surface area contributed by atoms with Crippen LogP contribution in [0.25, 0.3) is 10.9 Å². The smallest absolute Gasteiger partial charge is 0.345 e. The van der Waals surface area contributed by atoms with Crippen LogP contribution in [0.1, 0.15) is 43.7 Å². The van der Waals surface area contributed by atoms with Crippen LogP contribution in [-0.2, 0) is 0 Å². The summed E-state index contributed by atoms with van der Waals surface area (Å²) >= 11 is 1.05. The van der Waals surface area contributed by atoms with Gasteiger partial charge in [0.25, 0.3) is 5.91 Å². The number of rotatable bonds is 3. The SMILES string of the molecule is O=C(O)c1ccc(C(=O)N2CCC(c3c[nH]c4ccccc34)CC2)s1. The van der Waals surface area contributed by atoms with Gasteiger partial charge in [-0.1, -0.05) is 18.2 Å². The number of carboxylic acids is 1. The molecule has 6 heteroatoms. The second kappa shape index (κ2) is 6.37. The minimum atomic E-state index is -0.984. The molecule has 3 heterocycles. The number of nitrogens with one attached hydrogen (secondary N) is 1. The first kappa shape index (κ1) is 15.9. The van der Waals surface area contributed by atoms with E-state index < -0.39 is 5.97 Å². The number of aromatic amines is 1. The number of hydrogen-bond acceptors (Lipinski definition) is 3. The van der Waals surface area contributed by atoms with E-state index in [1.54, 1.807) is 6.07 Å². The van der Waals surface area contributed by atoms with Crippen molar-refractivity contribution >= 4 is 34.1 Å². The Labute approximate surface area is 148 Å². The average molecular weight is 354 g/mol. The van der Waals surface area contributed by atoms with Gasteiger partial charge in [-0.3, -0.25) is 4.79 Å². The van der Waals surface area contributed by atoms with Gasteiger partial charge in [0.2, 0.25) is 0 Å². The molecule has 3 aromatic rings. The summed E-state index contributed by atoms with van der Waals surface area (Å²) in [4.78, 5) is 29.4. The van der Waals surface area contributed by atoms with E-state index >= 15 is 0 Å². The highest BCUT2D eigenvalue weighted by molar-refractivity contribution is 7.15. The lowest BCUT2D eigenvalue weighted by atomic mass is 9.89. The topological polar surface area (TPSA) is 73.4 Å². The molecule has 128 valence electrons.